The number of thioether (sulfide) groups is 1. The van der Waals surface area contributed by atoms with Crippen LogP contribution in [-0.4, -0.2) is 31.2 Å². The lowest BCUT2D eigenvalue weighted by Gasteiger charge is -2.06. The molecule has 0 aromatic heterocycles. The molecule has 0 heterocycles. The van der Waals surface area contributed by atoms with Gasteiger partial charge in [-0.15, -0.1) is 11.8 Å². The predicted molar refractivity (Wildman–Crippen MR) is 97.5 cm³/mol. The van der Waals surface area contributed by atoms with Crippen molar-refractivity contribution in [2.75, 3.05) is 19.5 Å². The van der Waals surface area contributed by atoms with Gasteiger partial charge >= 0.3 is 5.97 Å². The number of ketones is 1. The summed E-state index contributed by atoms with van der Waals surface area (Å²) in [6.07, 6.45) is 3.47. The fourth-order valence-electron chi connectivity index (χ4n) is 2.83. The van der Waals surface area contributed by atoms with E-state index in [0.717, 1.165) is 17.7 Å². The number of hydrogen-bond donors (Lipinski definition) is 0. The van der Waals surface area contributed by atoms with Gasteiger partial charge in [-0.1, -0.05) is 6.07 Å². The van der Waals surface area contributed by atoms with Crippen molar-refractivity contribution >= 4 is 23.5 Å². The highest BCUT2D eigenvalue weighted by Crippen LogP contribution is 2.27. The molecule has 0 saturated heterocycles. The van der Waals surface area contributed by atoms with Gasteiger partial charge in [0.2, 0.25) is 0 Å². The molecule has 130 valence electrons. The van der Waals surface area contributed by atoms with E-state index in [-0.39, 0.29) is 24.1 Å². The maximum absolute atomic E-state index is 12.0. The summed E-state index contributed by atoms with van der Waals surface area (Å²) < 4.78 is 10.1. The Morgan fingerprint density at radius 2 is 1.80 bits per heavy atom. The van der Waals surface area contributed by atoms with Crippen molar-refractivity contribution in [3.05, 3.63) is 59.2 Å². The van der Waals surface area contributed by atoms with Gasteiger partial charge in [0, 0.05) is 10.5 Å². The molecule has 1 aliphatic carbocycles. The molecule has 2 aromatic rings. The zero-order valence-electron chi connectivity index (χ0n) is 14.1. The Labute approximate surface area is 151 Å². The number of aryl methyl sites for hydroxylation is 2. The Balaban J connectivity index is 1.45. The summed E-state index contributed by atoms with van der Waals surface area (Å²) in [6.45, 7) is -0.240. The van der Waals surface area contributed by atoms with Gasteiger partial charge in [0.15, 0.2) is 12.4 Å². The number of fused-ring (bicyclic) bond motifs is 1. The monoisotopic (exact) mass is 356 g/mol. The third kappa shape index (κ3) is 4.63. The highest BCUT2D eigenvalue weighted by molar-refractivity contribution is 8.00. The first-order valence-electron chi connectivity index (χ1n) is 8.23. The molecule has 0 aliphatic heterocycles. The molecular weight excluding hydrogens is 336 g/mol. The molecule has 0 bridgehead atoms. The van der Waals surface area contributed by atoms with Crippen LogP contribution in [0.2, 0.25) is 0 Å². The summed E-state index contributed by atoms with van der Waals surface area (Å²) in [5.41, 5.74) is 3.30. The molecule has 2 aromatic carbocycles. The number of ether oxygens (including phenoxy) is 2. The fraction of sp³-hybridized carbons (Fsp3) is 0.300. The van der Waals surface area contributed by atoms with Gasteiger partial charge in [0.05, 0.1) is 12.9 Å². The van der Waals surface area contributed by atoms with Crippen LogP contribution in [0.3, 0.4) is 0 Å². The first-order chi connectivity index (χ1) is 12.2. The molecular formula is C20H20O4S. The van der Waals surface area contributed by atoms with Crippen LogP contribution < -0.4 is 4.74 Å². The number of Topliss-reactive ketones (excluding diaryl/α,β-unsaturated/α-hetero) is 1. The molecule has 5 heteroatoms. The molecule has 0 spiro atoms. The van der Waals surface area contributed by atoms with Crippen molar-refractivity contribution in [1.29, 1.82) is 0 Å². The van der Waals surface area contributed by atoms with Crippen LogP contribution in [0.15, 0.2) is 47.4 Å². The Bertz CT molecular complexity index is 768. The van der Waals surface area contributed by atoms with E-state index in [9.17, 15) is 9.59 Å². The largest absolute Gasteiger partial charge is 0.497 e. The van der Waals surface area contributed by atoms with Gasteiger partial charge in [-0.3, -0.25) is 9.59 Å². The lowest BCUT2D eigenvalue weighted by atomic mass is 10.1. The summed E-state index contributed by atoms with van der Waals surface area (Å²) in [6, 6.07) is 13.1. The van der Waals surface area contributed by atoms with Crippen LogP contribution in [0.4, 0.5) is 0 Å². The SMILES string of the molecule is COc1ccc(C(=O)COC(=O)CSc2ccc3c(c2)CCC3)cc1. The molecule has 0 atom stereocenters. The normalized spacial score (nSPS) is 12.5. The Hall–Kier alpha value is -2.27. The van der Waals surface area contributed by atoms with Gasteiger partial charge in [-0.25, -0.2) is 0 Å². The van der Waals surface area contributed by atoms with E-state index in [1.165, 1.54) is 29.3 Å². The first kappa shape index (κ1) is 17.5. The van der Waals surface area contributed by atoms with Crippen molar-refractivity contribution in [2.45, 2.75) is 24.2 Å². The molecule has 3 rings (SSSR count). The lowest BCUT2D eigenvalue weighted by Crippen LogP contribution is -2.15. The number of hydrogen-bond acceptors (Lipinski definition) is 5. The minimum absolute atomic E-state index is 0.203. The van der Waals surface area contributed by atoms with Crippen LogP contribution in [0.25, 0.3) is 0 Å². The minimum Gasteiger partial charge on any atom is -0.497 e. The quantitative estimate of drug-likeness (QED) is 0.430. The number of esters is 1. The first-order valence-corrected chi connectivity index (χ1v) is 9.22. The van der Waals surface area contributed by atoms with Crippen LogP contribution in [0.5, 0.6) is 5.75 Å². The average molecular weight is 356 g/mol. The molecule has 0 N–H and O–H groups in total. The second-order valence-corrected chi connectivity index (χ2v) is 6.93. The predicted octanol–water partition coefficient (Wildman–Crippen LogP) is 3.70. The summed E-state index contributed by atoms with van der Waals surface area (Å²) in [4.78, 5) is 25.0. The van der Waals surface area contributed by atoms with Gasteiger partial charge in [0.1, 0.15) is 5.75 Å². The maximum atomic E-state index is 12.0. The van der Waals surface area contributed by atoms with Crippen LogP contribution in [0.1, 0.15) is 27.9 Å². The van der Waals surface area contributed by atoms with Gasteiger partial charge in [-0.05, 0) is 66.8 Å². The van der Waals surface area contributed by atoms with Crippen LogP contribution in [-0.2, 0) is 22.4 Å². The zero-order chi connectivity index (χ0) is 17.6. The summed E-state index contributed by atoms with van der Waals surface area (Å²) >= 11 is 1.44. The van der Waals surface area contributed by atoms with E-state index < -0.39 is 0 Å². The number of benzene rings is 2. The number of rotatable bonds is 7. The summed E-state index contributed by atoms with van der Waals surface area (Å²) in [7, 11) is 1.57. The molecule has 1 aliphatic rings. The van der Waals surface area contributed by atoms with E-state index in [2.05, 4.69) is 12.1 Å². The van der Waals surface area contributed by atoms with E-state index in [0.29, 0.717) is 11.3 Å². The zero-order valence-corrected chi connectivity index (χ0v) is 14.9. The van der Waals surface area contributed by atoms with Crippen LogP contribution in [0, 0.1) is 0 Å². The number of carbonyl (C=O) groups excluding carboxylic acids is 2. The number of carbonyl (C=O) groups is 2. The molecule has 0 unspecified atom stereocenters. The third-order valence-electron chi connectivity index (χ3n) is 4.20. The topological polar surface area (TPSA) is 52.6 Å². The highest BCUT2D eigenvalue weighted by Gasteiger charge is 2.13. The fourth-order valence-corrected chi connectivity index (χ4v) is 3.59. The Morgan fingerprint density at radius 3 is 2.56 bits per heavy atom. The molecule has 25 heavy (non-hydrogen) atoms. The third-order valence-corrected chi connectivity index (χ3v) is 5.17. The highest BCUT2D eigenvalue weighted by atomic mass is 32.2. The molecule has 0 amide bonds. The number of methoxy groups -OCH3 is 1. The molecule has 0 saturated carbocycles. The lowest BCUT2D eigenvalue weighted by molar-refractivity contribution is -0.139. The van der Waals surface area contributed by atoms with Crippen LogP contribution >= 0.6 is 11.8 Å². The summed E-state index contributed by atoms with van der Waals surface area (Å²) in [5.74, 6) is 0.277. The summed E-state index contributed by atoms with van der Waals surface area (Å²) in [5, 5.41) is 0. The Kier molecular flexibility index (Phi) is 5.76. The standard InChI is InChI=1S/C20H20O4S/c1-23-17-8-5-15(6-9-17)19(21)12-24-20(22)13-25-18-10-7-14-3-2-4-16(14)11-18/h5-11H,2-4,12-13H2,1H3. The van der Waals surface area contributed by atoms with Gasteiger partial charge in [0.25, 0.3) is 0 Å². The van der Waals surface area contributed by atoms with Crippen molar-refractivity contribution in [3.63, 3.8) is 0 Å². The van der Waals surface area contributed by atoms with E-state index in [1.54, 1.807) is 31.4 Å². The minimum atomic E-state index is -0.382. The molecule has 4 nitrogen and oxygen atoms in total. The van der Waals surface area contributed by atoms with Crippen molar-refractivity contribution < 1.29 is 19.1 Å². The van der Waals surface area contributed by atoms with E-state index in [1.807, 2.05) is 6.07 Å². The average Bonchev–Trinajstić information content (AvgIpc) is 3.12. The Morgan fingerprint density at radius 1 is 1.04 bits per heavy atom. The van der Waals surface area contributed by atoms with Gasteiger partial charge in [-0.2, -0.15) is 0 Å². The molecule has 0 fully saturated rings. The maximum Gasteiger partial charge on any atom is 0.316 e. The molecule has 0 radical (unpaired) electrons. The van der Waals surface area contributed by atoms with E-state index >= 15 is 0 Å². The van der Waals surface area contributed by atoms with E-state index in [4.69, 9.17) is 9.47 Å². The van der Waals surface area contributed by atoms with Crippen molar-refractivity contribution in [2.24, 2.45) is 0 Å². The van der Waals surface area contributed by atoms with Crippen molar-refractivity contribution in [1.82, 2.24) is 0 Å². The second-order valence-electron chi connectivity index (χ2n) is 5.89. The second kappa shape index (κ2) is 8.21. The smallest absolute Gasteiger partial charge is 0.316 e. The van der Waals surface area contributed by atoms with Crippen molar-refractivity contribution in [3.8, 4) is 5.75 Å². The van der Waals surface area contributed by atoms with Gasteiger partial charge < -0.3 is 9.47 Å².